The summed E-state index contributed by atoms with van der Waals surface area (Å²) in [6, 6.07) is 8.55. The van der Waals surface area contributed by atoms with Gasteiger partial charge in [0.25, 0.3) is 0 Å². The Labute approximate surface area is 184 Å². The van der Waals surface area contributed by atoms with Crippen molar-refractivity contribution in [3.05, 3.63) is 35.7 Å². The smallest absolute Gasteiger partial charge is 0.0890 e. The molecule has 30 heavy (non-hydrogen) atoms. The first-order valence-corrected chi connectivity index (χ1v) is 12.6. The summed E-state index contributed by atoms with van der Waals surface area (Å²) in [6.45, 7) is 14.6. The van der Waals surface area contributed by atoms with Crippen LogP contribution in [0.25, 0.3) is 11.0 Å². The Morgan fingerprint density at radius 2 is 1.07 bits per heavy atom. The van der Waals surface area contributed by atoms with Gasteiger partial charge in [0, 0.05) is 11.8 Å². The van der Waals surface area contributed by atoms with Crippen LogP contribution in [0.5, 0.6) is 0 Å². The van der Waals surface area contributed by atoms with Crippen molar-refractivity contribution in [2.75, 3.05) is 0 Å². The van der Waals surface area contributed by atoms with Gasteiger partial charge >= 0.3 is 0 Å². The fourth-order valence-corrected chi connectivity index (χ4v) is 6.61. The quantitative estimate of drug-likeness (QED) is 0.514. The molecule has 0 radical (unpaired) electrons. The van der Waals surface area contributed by atoms with Crippen molar-refractivity contribution in [3.63, 3.8) is 0 Å². The largest absolute Gasteiger partial charge is 0.249 e. The van der Waals surface area contributed by atoms with Crippen LogP contribution in [-0.4, -0.2) is 9.97 Å². The number of hydrogen-bond donors (Lipinski definition) is 0. The molecule has 2 saturated carbocycles. The van der Waals surface area contributed by atoms with E-state index >= 15 is 0 Å². The number of aromatic nitrogens is 2. The molecule has 2 heteroatoms. The highest BCUT2D eigenvalue weighted by Crippen LogP contribution is 2.49. The molecule has 6 unspecified atom stereocenters. The molecule has 6 atom stereocenters. The molecule has 1 heterocycles. The highest BCUT2D eigenvalue weighted by Gasteiger charge is 2.39. The van der Waals surface area contributed by atoms with Gasteiger partial charge in [0.2, 0.25) is 0 Å². The molecule has 0 N–H and O–H groups in total. The minimum absolute atomic E-state index is 0.561. The summed E-state index contributed by atoms with van der Waals surface area (Å²) in [5, 5.41) is 0. The lowest BCUT2D eigenvalue weighted by Gasteiger charge is -2.41. The van der Waals surface area contributed by atoms with Crippen molar-refractivity contribution < 1.29 is 0 Å². The molecule has 2 aromatic rings. The molecule has 2 aliphatic rings. The van der Waals surface area contributed by atoms with Crippen LogP contribution in [-0.2, 0) is 0 Å². The lowest BCUT2D eigenvalue weighted by atomic mass is 9.65. The van der Waals surface area contributed by atoms with Crippen molar-refractivity contribution in [2.45, 2.75) is 91.9 Å². The number of rotatable bonds is 4. The maximum Gasteiger partial charge on any atom is 0.0890 e. The molecule has 2 fully saturated rings. The Bertz CT molecular complexity index is 784. The molecule has 1 aromatic heterocycles. The van der Waals surface area contributed by atoms with Gasteiger partial charge < -0.3 is 0 Å². The van der Waals surface area contributed by atoms with Gasteiger partial charge in [-0.15, -0.1) is 0 Å². The zero-order chi connectivity index (χ0) is 21.4. The van der Waals surface area contributed by atoms with Crippen LogP contribution in [0.3, 0.4) is 0 Å². The van der Waals surface area contributed by atoms with E-state index in [1.165, 1.54) is 49.9 Å². The average molecular weight is 407 g/mol. The van der Waals surface area contributed by atoms with Crippen molar-refractivity contribution in [2.24, 2.45) is 35.5 Å². The molecule has 2 nitrogen and oxygen atoms in total. The summed E-state index contributed by atoms with van der Waals surface area (Å²) in [7, 11) is 0. The molecule has 0 amide bonds. The van der Waals surface area contributed by atoms with Crippen LogP contribution in [0.15, 0.2) is 24.3 Å². The molecule has 0 spiro atoms. The predicted molar refractivity (Wildman–Crippen MR) is 128 cm³/mol. The Morgan fingerprint density at radius 1 is 0.667 bits per heavy atom. The Kier molecular flexibility index (Phi) is 6.51. The van der Waals surface area contributed by atoms with Crippen LogP contribution >= 0.6 is 0 Å². The first kappa shape index (κ1) is 21.8. The van der Waals surface area contributed by atoms with E-state index in [1.54, 1.807) is 0 Å². The Balaban J connectivity index is 1.87. The van der Waals surface area contributed by atoms with E-state index in [0.717, 1.165) is 34.7 Å². The molecular weight excluding hydrogens is 364 g/mol. The van der Waals surface area contributed by atoms with Gasteiger partial charge in [-0.05, 0) is 73.3 Å². The summed E-state index contributed by atoms with van der Waals surface area (Å²) in [6.07, 6.45) is 7.96. The summed E-state index contributed by atoms with van der Waals surface area (Å²) in [4.78, 5) is 10.8. The SMILES string of the molecule is CC1CCC(C(C)C)C(c2nc3ccccc3nc2C2CC(C)CCC2C(C)C)C1. The van der Waals surface area contributed by atoms with Gasteiger partial charge in [-0.2, -0.15) is 0 Å². The first-order valence-electron chi connectivity index (χ1n) is 12.6. The maximum atomic E-state index is 5.40. The van der Waals surface area contributed by atoms with Crippen LogP contribution < -0.4 is 0 Å². The standard InChI is InChI=1S/C28H42N2/c1-17(2)21-13-11-19(5)15-23(21)27-28(30-26-10-8-7-9-25(26)29-27)24-16-20(6)12-14-22(24)18(3)4/h7-10,17-24H,11-16H2,1-6H3. The van der Waals surface area contributed by atoms with E-state index in [1.807, 2.05) is 0 Å². The second kappa shape index (κ2) is 8.97. The fraction of sp³-hybridized carbons (Fsp3) is 0.714. The second-order valence-corrected chi connectivity index (χ2v) is 11.3. The average Bonchev–Trinajstić information content (AvgIpc) is 2.72. The Morgan fingerprint density at radius 3 is 1.43 bits per heavy atom. The molecule has 0 saturated heterocycles. The van der Waals surface area contributed by atoms with Crippen molar-refractivity contribution in [1.82, 2.24) is 9.97 Å². The van der Waals surface area contributed by atoms with Gasteiger partial charge in [-0.1, -0.05) is 66.5 Å². The number of benzene rings is 1. The lowest BCUT2D eigenvalue weighted by Crippen LogP contribution is -2.31. The van der Waals surface area contributed by atoms with Crippen LogP contribution in [0, 0.1) is 35.5 Å². The zero-order valence-corrected chi connectivity index (χ0v) is 20.1. The molecule has 0 aliphatic heterocycles. The molecule has 0 bridgehead atoms. The number of para-hydroxylation sites is 2. The normalized spacial score (nSPS) is 32.8. The summed E-state index contributed by atoms with van der Waals surface area (Å²) >= 11 is 0. The number of fused-ring (bicyclic) bond motifs is 1. The highest BCUT2D eigenvalue weighted by molar-refractivity contribution is 5.74. The van der Waals surface area contributed by atoms with Gasteiger partial charge in [0.15, 0.2) is 0 Å². The van der Waals surface area contributed by atoms with Crippen molar-refractivity contribution in [1.29, 1.82) is 0 Å². The summed E-state index contributed by atoms with van der Waals surface area (Å²) < 4.78 is 0. The number of hydrogen-bond acceptors (Lipinski definition) is 2. The van der Waals surface area contributed by atoms with Crippen LogP contribution in [0.1, 0.15) is 103 Å². The van der Waals surface area contributed by atoms with Gasteiger partial charge in [-0.3, -0.25) is 0 Å². The van der Waals surface area contributed by atoms with Crippen molar-refractivity contribution >= 4 is 11.0 Å². The zero-order valence-electron chi connectivity index (χ0n) is 20.1. The topological polar surface area (TPSA) is 25.8 Å². The molecule has 1 aromatic carbocycles. The van der Waals surface area contributed by atoms with Crippen LogP contribution in [0.2, 0.25) is 0 Å². The third-order valence-electron chi connectivity index (χ3n) is 8.37. The van der Waals surface area contributed by atoms with Crippen molar-refractivity contribution in [3.8, 4) is 0 Å². The van der Waals surface area contributed by atoms with Gasteiger partial charge in [-0.25, -0.2) is 9.97 Å². The number of nitrogens with zero attached hydrogens (tertiary/aromatic N) is 2. The first-order chi connectivity index (χ1) is 14.3. The minimum Gasteiger partial charge on any atom is -0.249 e. The second-order valence-electron chi connectivity index (χ2n) is 11.3. The monoisotopic (exact) mass is 406 g/mol. The molecule has 2 aliphatic carbocycles. The fourth-order valence-electron chi connectivity index (χ4n) is 6.61. The van der Waals surface area contributed by atoms with Gasteiger partial charge in [0.05, 0.1) is 22.4 Å². The molecular formula is C28H42N2. The van der Waals surface area contributed by atoms with E-state index in [9.17, 15) is 0 Å². The summed E-state index contributed by atoms with van der Waals surface area (Å²) in [5.74, 6) is 5.57. The minimum atomic E-state index is 0.561. The van der Waals surface area contributed by atoms with Gasteiger partial charge in [0.1, 0.15) is 0 Å². The summed E-state index contributed by atoms with van der Waals surface area (Å²) in [5.41, 5.74) is 4.90. The molecule has 164 valence electrons. The van der Waals surface area contributed by atoms with E-state index in [2.05, 4.69) is 65.8 Å². The third kappa shape index (κ3) is 4.30. The Hall–Kier alpha value is -1.44. The lowest BCUT2D eigenvalue weighted by molar-refractivity contribution is 0.178. The predicted octanol–water partition coefficient (Wildman–Crippen LogP) is 7.98. The molecule has 4 rings (SSSR count). The van der Waals surface area contributed by atoms with E-state index in [-0.39, 0.29) is 0 Å². The highest BCUT2D eigenvalue weighted by atomic mass is 14.8. The van der Waals surface area contributed by atoms with E-state index < -0.39 is 0 Å². The third-order valence-corrected chi connectivity index (χ3v) is 8.37. The van der Waals surface area contributed by atoms with E-state index in [4.69, 9.17) is 9.97 Å². The maximum absolute atomic E-state index is 5.40. The van der Waals surface area contributed by atoms with E-state index in [0.29, 0.717) is 23.7 Å². The van der Waals surface area contributed by atoms with Crippen LogP contribution in [0.4, 0.5) is 0 Å².